The van der Waals surface area contributed by atoms with Crippen LogP contribution >= 0.6 is 11.8 Å². The molecule has 0 aromatic rings. The molecular weight excluding hydrogens is 218 g/mol. The second kappa shape index (κ2) is 10.9. The minimum atomic E-state index is 0.960. The molecule has 1 N–H and O–H groups in total. The van der Waals surface area contributed by atoms with Crippen LogP contribution in [0.15, 0.2) is 17.6 Å². The van der Waals surface area contributed by atoms with Gasteiger partial charge in [-0.25, -0.2) is 0 Å². The Bertz CT molecular complexity index is 204. The highest BCUT2D eigenvalue weighted by Gasteiger charge is 2.03. The molecule has 16 heavy (non-hydrogen) atoms. The van der Waals surface area contributed by atoms with Crippen molar-refractivity contribution < 1.29 is 0 Å². The SMILES string of the molecule is C=CCSCCNC(=NC)N(C)CCCC. The molecule has 0 unspecified atom stereocenters. The summed E-state index contributed by atoms with van der Waals surface area (Å²) in [5.74, 6) is 3.10. The maximum atomic E-state index is 4.26. The molecule has 0 aliphatic carbocycles. The first-order valence-corrected chi connectivity index (χ1v) is 7.02. The molecule has 0 fully saturated rings. The predicted molar refractivity (Wildman–Crippen MR) is 76.4 cm³/mol. The van der Waals surface area contributed by atoms with E-state index in [2.05, 4.69) is 35.8 Å². The number of guanidine groups is 1. The summed E-state index contributed by atoms with van der Waals surface area (Å²) in [5, 5.41) is 3.36. The van der Waals surface area contributed by atoms with E-state index in [4.69, 9.17) is 0 Å². The van der Waals surface area contributed by atoms with Crippen LogP contribution in [0.3, 0.4) is 0 Å². The number of thioether (sulfide) groups is 1. The third-order valence-electron chi connectivity index (χ3n) is 2.19. The summed E-state index contributed by atoms with van der Waals surface area (Å²) in [4.78, 5) is 6.44. The number of nitrogens with zero attached hydrogens (tertiary/aromatic N) is 2. The van der Waals surface area contributed by atoms with Gasteiger partial charge in [-0.2, -0.15) is 11.8 Å². The number of unbranched alkanes of at least 4 members (excludes halogenated alkanes) is 1. The number of hydrogen-bond acceptors (Lipinski definition) is 2. The van der Waals surface area contributed by atoms with E-state index in [9.17, 15) is 0 Å². The summed E-state index contributed by atoms with van der Waals surface area (Å²) >= 11 is 1.88. The molecule has 94 valence electrons. The minimum absolute atomic E-state index is 0.960. The maximum Gasteiger partial charge on any atom is 0.193 e. The zero-order valence-electron chi connectivity index (χ0n) is 10.8. The lowest BCUT2D eigenvalue weighted by Crippen LogP contribution is -2.40. The van der Waals surface area contributed by atoms with Crippen LogP contribution < -0.4 is 5.32 Å². The van der Waals surface area contributed by atoms with Crippen molar-refractivity contribution in [3.63, 3.8) is 0 Å². The van der Waals surface area contributed by atoms with Crippen LogP contribution in [0.2, 0.25) is 0 Å². The molecule has 0 saturated heterocycles. The second-order valence-corrected chi connectivity index (χ2v) is 4.76. The molecule has 0 saturated carbocycles. The van der Waals surface area contributed by atoms with Gasteiger partial charge in [0.05, 0.1) is 0 Å². The molecule has 3 nitrogen and oxygen atoms in total. The van der Waals surface area contributed by atoms with E-state index in [0.29, 0.717) is 0 Å². The molecule has 0 aliphatic rings. The third-order valence-corrected chi connectivity index (χ3v) is 3.15. The highest BCUT2D eigenvalue weighted by atomic mass is 32.2. The zero-order chi connectivity index (χ0) is 12.2. The average Bonchev–Trinajstić information content (AvgIpc) is 2.31. The molecular formula is C12H25N3S. The predicted octanol–water partition coefficient (Wildman–Crippen LogP) is 2.21. The summed E-state index contributed by atoms with van der Waals surface area (Å²) in [6.45, 7) is 7.93. The lowest BCUT2D eigenvalue weighted by Gasteiger charge is -2.21. The molecule has 0 spiro atoms. The van der Waals surface area contributed by atoms with E-state index >= 15 is 0 Å². The number of nitrogens with one attached hydrogen (secondary N) is 1. The van der Waals surface area contributed by atoms with Gasteiger partial charge >= 0.3 is 0 Å². The highest BCUT2D eigenvalue weighted by Crippen LogP contribution is 1.98. The Labute approximate surface area is 104 Å². The Hall–Kier alpha value is -0.640. The molecule has 0 heterocycles. The first-order chi connectivity index (χ1) is 7.76. The van der Waals surface area contributed by atoms with Crippen LogP contribution in [0.5, 0.6) is 0 Å². The lowest BCUT2D eigenvalue weighted by molar-refractivity contribution is 0.467. The third kappa shape index (κ3) is 7.63. The maximum absolute atomic E-state index is 4.26. The van der Waals surface area contributed by atoms with Crippen LogP contribution in [0.1, 0.15) is 19.8 Å². The van der Waals surface area contributed by atoms with Gasteiger partial charge in [0.25, 0.3) is 0 Å². The zero-order valence-corrected chi connectivity index (χ0v) is 11.6. The summed E-state index contributed by atoms with van der Waals surface area (Å²) < 4.78 is 0. The van der Waals surface area contributed by atoms with Gasteiger partial charge in [-0.05, 0) is 6.42 Å². The molecule has 0 radical (unpaired) electrons. The van der Waals surface area contributed by atoms with Gasteiger partial charge < -0.3 is 10.2 Å². The molecule has 0 bridgehead atoms. The second-order valence-electron chi connectivity index (χ2n) is 3.61. The summed E-state index contributed by atoms with van der Waals surface area (Å²) in [7, 11) is 3.92. The normalized spacial score (nSPS) is 11.3. The van der Waals surface area contributed by atoms with Crippen molar-refractivity contribution in [1.29, 1.82) is 0 Å². The van der Waals surface area contributed by atoms with Crippen molar-refractivity contribution in [2.75, 3.05) is 38.7 Å². The van der Waals surface area contributed by atoms with Gasteiger partial charge in [-0.1, -0.05) is 19.4 Å². The Morgan fingerprint density at radius 1 is 1.56 bits per heavy atom. The molecule has 0 aliphatic heterocycles. The minimum Gasteiger partial charge on any atom is -0.355 e. The monoisotopic (exact) mass is 243 g/mol. The van der Waals surface area contributed by atoms with Crippen LogP contribution in [0, 0.1) is 0 Å². The summed E-state index contributed by atoms with van der Waals surface area (Å²) in [6.07, 6.45) is 4.37. The van der Waals surface area contributed by atoms with Gasteiger partial charge in [0.2, 0.25) is 0 Å². The molecule has 0 aromatic carbocycles. The fraction of sp³-hybridized carbons (Fsp3) is 0.750. The molecule has 0 atom stereocenters. The molecule has 0 rings (SSSR count). The average molecular weight is 243 g/mol. The fourth-order valence-electron chi connectivity index (χ4n) is 1.29. The van der Waals surface area contributed by atoms with Crippen molar-refractivity contribution in [3.05, 3.63) is 12.7 Å². The van der Waals surface area contributed by atoms with E-state index in [1.807, 2.05) is 24.9 Å². The molecule has 4 heteroatoms. The van der Waals surface area contributed by atoms with Crippen LogP contribution in [0.4, 0.5) is 0 Å². The summed E-state index contributed by atoms with van der Waals surface area (Å²) in [6, 6.07) is 0. The number of hydrogen-bond donors (Lipinski definition) is 1. The van der Waals surface area contributed by atoms with Crippen LogP contribution in [-0.4, -0.2) is 49.6 Å². The largest absolute Gasteiger partial charge is 0.355 e. The standard InChI is InChI=1S/C12H25N3S/c1-5-7-9-15(4)12(13-3)14-8-11-16-10-6-2/h6H,2,5,7-11H2,1,3-4H3,(H,13,14). The van der Waals surface area contributed by atoms with Gasteiger partial charge in [0.15, 0.2) is 5.96 Å². The lowest BCUT2D eigenvalue weighted by atomic mass is 10.3. The highest BCUT2D eigenvalue weighted by molar-refractivity contribution is 7.99. The van der Waals surface area contributed by atoms with E-state index in [1.165, 1.54) is 12.8 Å². The van der Waals surface area contributed by atoms with E-state index in [-0.39, 0.29) is 0 Å². The Morgan fingerprint density at radius 2 is 2.31 bits per heavy atom. The van der Waals surface area contributed by atoms with E-state index in [0.717, 1.165) is 30.6 Å². The van der Waals surface area contributed by atoms with Gasteiger partial charge in [0.1, 0.15) is 0 Å². The van der Waals surface area contributed by atoms with E-state index < -0.39 is 0 Å². The first-order valence-electron chi connectivity index (χ1n) is 5.86. The van der Waals surface area contributed by atoms with Crippen molar-refractivity contribution in [2.45, 2.75) is 19.8 Å². The van der Waals surface area contributed by atoms with Crippen molar-refractivity contribution in [1.82, 2.24) is 10.2 Å². The van der Waals surface area contributed by atoms with Crippen molar-refractivity contribution >= 4 is 17.7 Å². The van der Waals surface area contributed by atoms with Gasteiger partial charge in [-0.15, -0.1) is 6.58 Å². The Morgan fingerprint density at radius 3 is 2.88 bits per heavy atom. The topological polar surface area (TPSA) is 27.6 Å². The first kappa shape index (κ1) is 15.4. The molecule has 0 amide bonds. The number of rotatable bonds is 8. The van der Waals surface area contributed by atoms with E-state index in [1.54, 1.807) is 0 Å². The Balaban J connectivity index is 3.70. The van der Waals surface area contributed by atoms with Gasteiger partial charge in [-0.3, -0.25) is 4.99 Å². The van der Waals surface area contributed by atoms with Gasteiger partial charge in [0, 0.05) is 38.7 Å². The fourth-order valence-corrected chi connectivity index (χ4v) is 1.87. The Kier molecular flexibility index (Phi) is 10.4. The van der Waals surface area contributed by atoms with Crippen molar-refractivity contribution in [2.24, 2.45) is 4.99 Å². The quantitative estimate of drug-likeness (QED) is 0.306. The smallest absolute Gasteiger partial charge is 0.193 e. The van der Waals surface area contributed by atoms with Crippen LogP contribution in [-0.2, 0) is 0 Å². The molecule has 0 aromatic heterocycles. The van der Waals surface area contributed by atoms with Crippen molar-refractivity contribution in [3.8, 4) is 0 Å². The number of aliphatic imine (C=N–C) groups is 1. The summed E-state index contributed by atoms with van der Waals surface area (Å²) in [5.41, 5.74) is 0. The van der Waals surface area contributed by atoms with Crippen LogP contribution in [0.25, 0.3) is 0 Å².